The highest BCUT2D eigenvalue weighted by Gasteiger charge is 2.25. The van der Waals surface area contributed by atoms with Crippen molar-refractivity contribution in [2.75, 3.05) is 18.4 Å². The lowest BCUT2D eigenvalue weighted by Gasteiger charge is -2.27. The number of aromatic nitrogens is 4. The van der Waals surface area contributed by atoms with Crippen molar-refractivity contribution in [2.24, 2.45) is 7.05 Å². The summed E-state index contributed by atoms with van der Waals surface area (Å²) in [6.45, 7) is 1.51. The molecule has 4 rings (SSSR count). The van der Waals surface area contributed by atoms with Crippen molar-refractivity contribution in [3.05, 3.63) is 57.5 Å². The van der Waals surface area contributed by atoms with E-state index in [1.54, 1.807) is 36.3 Å². The quantitative estimate of drug-likeness (QED) is 0.530. The molecule has 32 heavy (non-hydrogen) atoms. The normalized spacial score (nSPS) is 13.8. The standard InChI is InChI=1S/C21H22BrClN6O3/c1-27-19(21(31)28-8-3-2-4-9-28)17(12-24-27)25-20(30)16-7-10-29(26-16)13-32-18-6-5-14(22)11-15(18)23/h5-7,10-12H,2-4,8-9,13H2,1H3,(H,25,30). The largest absolute Gasteiger partial charge is 0.470 e. The molecule has 0 atom stereocenters. The molecule has 0 saturated carbocycles. The van der Waals surface area contributed by atoms with Crippen molar-refractivity contribution in [3.8, 4) is 5.75 Å². The van der Waals surface area contributed by atoms with Gasteiger partial charge in [0.05, 0.1) is 16.9 Å². The van der Waals surface area contributed by atoms with Crippen LogP contribution < -0.4 is 10.1 Å². The van der Waals surface area contributed by atoms with Gasteiger partial charge in [-0.15, -0.1) is 0 Å². The maximum absolute atomic E-state index is 13.0. The van der Waals surface area contributed by atoms with Gasteiger partial charge in [0.2, 0.25) is 0 Å². The Balaban J connectivity index is 1.42. The molecule has 1 N–H and O–H groups in total. The molecule has 3 aromatic rings. The van der Waals surface area contributed by atoms with Gasteiger partial charge >= 0.3 is 0 Å². The van der Waals surface area contributed by atoms with Crippen molar-refractivity contribution in [3.63, 3.8) is 0 Å². The Morgan fingerprint density at radius 1 is 1.22 bits per heavy atom. The molecule has 2 aromatic heterocycles. The summed E-state index contributed by atoms with van der Waals surface area (Å²) in [5.41, 5.74) is 0.907. The van der Waals surface area contributed by atoms with Crippen molar-refractivity contribution in [1.29, 1.82) is 0 Å². The van der Waals surface area contributed by atoms with Gasteiger partial charge in [-0.1, -0.05) is 27.5 Å². The zero-order valence-electron chi connectivity index (χ0n) is 17.4. The van der Waals surface area contributed by atoms with Crippen LogP contribution in [0.4, 0.5) is 5.69 Å². The number of nitrogens with zero attached hydrogens (tertiary/aromatic N) is 5. The maximum atomic E-state index is 13.0. The van der Waals surface area contributed by atoms with Gasteiger partial charge < -0.3 is 15.0 Å². The van der Waals surface area contributed by atoms with E-state index in [9.17, 15) is 9.59 Å². The predicted molar refractivity (Wildman–Crippen MR) is 123 cm³/mol. The second kappa shape index (κ2) is 9.74. The van der Waals surface area contributed by atoms with Crippen LogP contribution in [0, 0.1) is 0 Å². The van der Waals surface area contributed by atoms with Gasteiger partial charge in [-0.05, 0) is 43.5 Å². The Morgan fingerprint density at radius 3 is 2.75 bits per heavy atom. The van der Waals surface area contributed by atoms with Crippen molar-refractivity contribution in [2.45, 2.75) is 26.0 Å². The topological polar surface area (TPSA) is 94.3 Å². The molecule has 1 aromatic carbocycles. The molecule has 1 saturated heterocycles. The summed E-state index contributed by atoms with van der Waals surface area (Å²) in [5.74, 6) is -0.0657. The summed E-state index contributed by atoms with van der Waals surface area (Å²) in [7, 11) is 1.69. The highest BCUT2D eigenvalue weighted by Crippen LogP contribution is 2.28. The molecule has 1 fully saturated rings. The smallest absolute Gasteiger partial charge is 0.276 e. The number of hydrogen-bond acceptors (Lipinski definition) is 5. The third kappa shape index (κ3) is 4.97. The van der Waals surface area contributed by atoms with Crippen LogP contribution >= 0.6 is 27.5 Å². The van der Waals surface area contributed by atoms with Gasteiger partial charge in [-0.2, -0.15) is 10.2 Å². The van der Waals surface area contributed by atoms with Crippen LogP contribution in [0.2, 0.25) is 5.02 Å². The molecule has 2 amide bonds. The SMILES string of the molecule is Cn1ncc(NC(=O)c2ccn(COc3ccc(Br)cc3Cl)n2)c1C(=O)N1CCCCC1. The summed E-state index contributed by atoms with van der Waals surface area (Å²) >= 11 is 9.50. The zero-order valence-corrected chi connectivity index (χ0v) is 19.8. The first-order valence-corrected chi connectivity index (χ1v) is 11.3. The number of rotatable bonds is 6. The minimum Gasteiger partial charge on any atom is -0.470 e. The first kappa shape index (κ1) is 22.3. The third-order valence-electron chi connectivity index (χ3n) is 5.15. The average molecular weight is 522 g/mol. The Kier molecular flexibility index (Phi) is 6.80. The fourth-order valence-electron chi connectivity index (χ4n) is 3.50. The Bertz CT molecular complexity index is 1140. The lowest BCUT2D eigenvalue weighted by molar-refractivity contribution is 0.0714. The first-order chi connectivity index (χ1) is 15.4. The summed E-state index contributed by atoms with van der Waals surface area (Å²) in [5, 5.41) is 11.6. The molecular weight excluding hydrogens is 500 g/mol. The van der Waals surface area contributed by atoms with E-state index < -0.39 is 5.91 Å². The zero-order chi connectivity index (χ0) is 22.7. The Labute approximate surface area is 198 Å². The first-order valence-electron chi connectivity index (χ1n) is 10.2. The van der Waals surface area contributed by atoms with E-state index in [1.165, 1.54) is 15.6 Å². The molecule has 0 aliphatic carbocycles. The number of amides is 2. The molecule has 1 aliphatic heterocycles. The number of likely N-dealkylation sites (tertiary alicyclic amines) is 1. The summed E-state index contributed by atoms with van der Waals surface area (Å²) < 4.78 is 9.48. The monoisotopic (exact) mass is 520 g/mol. The number of aryl methyl sites for hydroxylation is 1. The minimum atomic E-state index is -0.439. The van der Waals surface area contributed by atoms with Crippen molar-refractivity contribution < 1.29 is 14.3 Å². The molecule has 11 heteroatoms. The van der Waals surface area contributed by atoms with Crippen LogP contribution in [-0.2, 0) is 13.8 Å². The van der Waals surface area contributed by atoms with Crippen LogP contribution in [-0.4, -0.2) is 49.4 Å². The second-order valence-corrected chi connectivity index (χ2v) is 8.75. The highest BCUT2D eigenvalue weighted by molar-refractivity contribution is 9.10. The Morgan fingerprint density at radius 2 is 2.00 bits per heavy atom. The molecule has 3 heterocycles. The molecular formula is C21H22BrClN6O3. The highest BCUT2D eigenvalue weighted by atomic mass is 79.9. The predicted octanol–water partition coefficient (Wildman–Crippen LogP) is 3.95. The van der Waals surface area contributed by atoms with Crippen LogP contribution in [0.1, 0.15) is 40.2 Å². The lowest BCUT2D eigenvalue weighted by atomic mass is 10.1. The third-order valence-corrected chi connectivity index (χ3v) is 5.94. The summed E-state index contributed by atoms with van der Waals surface area (Å²) in [6.07, 6.45) is 6.20. The van der Waals surface area contributed by atoms with Gasteiger partial charge in [0, 0.05) is 30.8 Å². The lowest BCUT2D eigenvalue weighted by Crippen LogP contribution is -2.37. The van der Waals surface area contributed by atoms with Crippen LogP contribution in [0.3, 0.4) is 0 Å². The van der Waals surface area contributed by atoms with E-state index in [0.29, 0.717) is 35.2 Å². The number of anilines is 1. The number of hydrogen-bond donors (Lipinski definition) is 1. The van der Waals surface area contributed by atoms with Gasteiger partial charge in [-0.25, -0.2) is 4.68 Å². The number of halogens is 2. The fourth-order valence-corrected chi connectivity index (χ4v) is 4.23. The minimum absolute atomic E-state index is 0.0836. The number of benzene rings is 1. The average Bonchev–Trinajstić information content (AvgIpc) is 3.40. The van der Waals surface area contributed by atoms with E-state index >= 15 is 0 Å². The van der Waals surface area contributed by atoms with Crippen LogP contribution in [0.5, 0.6) is 5.75 Å². The second-order valence-electron chi connectivity index (χ2n) is 7.43. The molecule has 0 unspecified atom stereocenters. The molecule has 0 bridgehead atoms. The molecule has 1 aliphatic rings. The number of carbonyl (C=O) groups is 2. The number of nitrogens with one attached hydrogen (secondary N) is 1. The number of ether oxygens (including phenoxy) is 1. The molecule has 9 nitrogen and oxygen atoms in total. The van der Waals surface area contributed by atoms with Gasteiger partial charge in [0.25, 0.3) is 11.8 Å². The molecule has 168 valence electrons. The van der Waals surface area contributed by atoms with Gasteiger partial charge in [0.1, 0.15) is 11.4 Å². The fraction of sp³-hybridized carbons (Fsp3) is 0.333. The van der Waals surface area contributed by atoms with Gasteiger partial charge in [-0.3, -0.25) is 14.3 Å². The van der Waals surface area contributed by atoms with E-state index in [-0.39, 0.29) is 18.3 Å². The van der Waals surface area contributed by atoms with E-state index in [0.717, 1.165) is 23.7 Å². The van der Waals surface area contributed by atoms with E-state index in [1.807, 2.05) is 6.07 Å². The van der Waals surface area contributed by atoms with Crippen LogP contribution in [0.15, 0.2) is 41.1 Å². The van der Waals surface area contributed by atoms with Crippen molar-refractivity contribution >= 4 is 45.0 Å². The summed E-state index contributed by atoms with van der Waals surface area (Å²) in [4.78, 5) is 27.5. The molecule has 0 radical (unpaired) electrons. The van der Waals surface area contributed by atoms with Crippen molar-refractivity contribution in [1.82, 2.24) is 24.5 Å². The van der Waals surface area contributed by atoms with E-state index in [2.05, 4.69) is 31.4 Å². The molecule has 0 spiro atoms. The van der Waals surface area contributed by atoms with Gasteiger partial charge in [0.15, 0.2) is 12.4 Å². The van der Waals surface area contributed by atoms with Crippen LogP contribution in [0.25, 0.3) is 0 Å². The number of piperidine rings is 1. The summed E-state index contributed by atoms with van der Waals surface area (Å²) in [6, 6.07) is 6.87. The Hall–Kier alpha value is -2.85. The maximum Gasteiger partial charge on any atom is 0.276 e. The van der Waals surface area contributed by atoms with E-state index in [4.69, 9.17) is 16.3 Å². The number of carbonyl (C=O) groups excluding carboxylic acids is 2.